The molecule has 0 saturated carbocycles. The molecule has 1 fully saturated rings. The van der Waals surface area contributed by atoms with Crippen molar-refractivity contribution in [3.63, 3.8) is 0 Å². The molecular formula is C18H23N5O2. The van der Waals surface area contributed by atoms with Gasteiger partial charge in [0.15, 0.2) is 5.69 Å². The lowest BCUT2D eigenvalue weighted by Gasteiger charge is -2.34. The molecule has 1 aromatic heterocycles. The fraction of sp³-hybridized carbons (Fsp3) is 0.444. The van der Waals surface area contributed by atoms with Gasteiger partial charge in [-0.05, 0) is 24.8 Å². The molecular weight excluding hydrogens is 318 g/mol. The fourth-order valence-corrected chi connectivity index (χ4v) is 3.27. The van der Waals surface area contributed by atoms with Gasteiger partial charge in [-0.25, -0.2) is 0 Å². The molecule has 3 rings (SSSR count). The molecule has 7 heteroatoms. The van der Waals surface area contributed by atoms with Crippen LogP contribution >= 0.6 is 0 Å². The molecule has 7 nitrogen and oxygen atoms in total. The van der Waals surface area contributed by atoms with Gasteiger partial charge in [0.05, 0.1) is 12.1 Å². The predicted octanol–water partition coefficient (Wildman–Crippen LogP) is 1.72. The zero-order valence-corrected chi connectivity index (χ0v) is 14.3. The van der Waals surface area contributed by atoms with Crippen LogP contribution in [0.25, 0.3) is 0 Å². The number of hydrogen-bond donors (Lipinski definition) is 2. The molecule has 1 aliphatic rings. The van der Waals surface area contributed by atoms with Gasteiger partial charge < -0.3 is 10.2 Å². The highest BCUT2D eigenvalue weighted by Gasteiger charge is 2.29. The average Bonchev–Trinajstić information content (AvgIpc) is 3.19. The van der Waals surface area contributed by atoms with Crippen LogP contribution in [0.1, 0.15) is 48.2 Å². The first-order valence-electron chi connectivity index (χ1n) is 8.69. The molecule has 2 aromatic rings. The van der Waals surface area contributed by atoms with Gasteiger partial charge in [0.2, 0.25) is 5.91 Å². The minimum Gasteiger partial charge on any atom is -0.348 e. The second kappa shape index (κ2) is 7.92. The first-order valence-corrected chi connectivity index (χ1v) is 8.69. The number of likely N-dealkylation sites (tertiary alicyclic amines) is 1. The van der Waals surface area contributed by atoms with E-state index in [-0.39, 0.29) is 29.5 Å². The zero-order valence-electron chi connectivity index (χ0n) is 14.3. The van der Waals surface area contributed by atoms with Crippen LogP contribution in [-0.2, 0) is 4.79 Å². The summed E-state index contributed by atoms with van der Waals surface area (Å²) >= 11 is 0. The maximum atomic E-state index is 12.9. The number of aromatic amines is 1. The Morgan fingerprint density at radius 2 is 2.00 bits per heavy atom. The largest absolute Gasteiger partial charge is 0.348 e. The van der Waals surface area contributed by atoms with Crippen molar-refractivity contribution in [3.05, 3.63) is 47.8 Å². The zero-order chi connectivity index (χ0) is 17.6. The molecule has 1 atom stereocenters. The van der Waals surface area contributed by atoms with E-state index in [4.69, 9.17) is 0 Å². The third kappa shape index (κ3) is 4.04. The standard InChI is InChI=1S/C18H23N5O2/c1-2-15(13-6-4-3-5-7-13)18(25)23-10-8-14(9-11-23)20-17(24)16-12-19-22-21-16/h3-7,12,14-15H,2,8-11H2,1H3,(H,20,24)(H,19,21,22). The van der Waals surface area contributed by atoms with E-state index in [0.717, 1.165) is 24.8 Å². The van der Waals surface area contributed by atoms with Crippen molar-refractivity contribution in [1.82, 2.24) is 25.6 Å². The van der Waals surface area contributed by atoms with Crippen LogP contribution in [0.5, 0.6) is 0 Å². The molecule has 1 saturated heterocycles. The first kappa shape index (κ1) is 17.1. The number of piperidine rings is 1. The van der Waals surface area contributed by atoms with Crippen LogP contribution in [0.3, 0.4) is 0 Å². The molecule has 132 valence electrons. The number of nitrogens with zero attached hydrogens (tertiary/aromatic N) is 3. The molecule has 0 radical (unpaired) electrons. The summed E-state index contributed by atoms with van der Waals surface area (Å²) in [7, 11) is 0. The van der Waals surface area contributed by atoms with E-state index < -0.39 is 0 Å². The molecule has 1 aliphatic heterocycles. The smallest absolute Gasteiger partial charge is 0.273 e. The third-order valence-corrected chi connectivity index (χ3v) is 4.70. The van der Waals surface area contributed by atoms with Gasteiger partial charge in [-0.1, -0.05) is 37.3 Å². The monoisotopic (exact) mass is 341 g/mol. The molecule has 2 amide bonds. The Balaban J connectivity index is 1.54. The number of rotatable bonds is 5. The molecule has 0 spiro atoms. The summed E-state index contributed by atoms with van der Waals surface area (Å²) in [5, 5.41) is 12.8. The molecule has 0 bridgehead atoms. The van der Waals surface area contributed by atoms with E-state index in [2.05, 4.69) is 20.7 Å². The maximum absolute atomic E-state index is 12.9. The summed E-state index contributed by atoms with van der Waals surface area (Å²) in [5.74, 6) is -0.147. The highest BCUT2D eigenvalue weighted by atomic mass is 16.2. The Kier molecular flexibility index (Phi) is 5.42. The quantitative estimate of drug-likeness (QED) is 0.866. The molecule has 25 heavy (non-hydrogen) atoms. The van der Waals surface area contributed by atoms with Crippen LogP contribution < -0.4 is 5.32 Å². The lowest BCUT2D eigenvalue weighted by molar-refractivity contribution is -0.134. The van der Waals surface area contributed by atoms with Gasteiger partial charge in [-0.15, -0.1) is 0 Å². The van der Waals surface area contributed by atoms with E-state index in [9.17, 15) is 9.59 Å². The Morgan fingerprint density at radius 1 is 1.28 bits per heavy atom. The van der Waals surface area contributed by atoms with E-state index in [1.54, 1.807) is 0 Å². The van der Waals surface area contributed by atoms with Crippen molar-refractivity contribution in [2.75, 3.05) is 13.1 Å². The van der Waals surface area contributed by atoms with Crippen LogP contribution in [0, 0.1) is 0 Å². The van der Waals surface area contributed by atoms with Crippen molar-refractivity contribution in [2.24, 2.45) is 0 Å². The van der Waals surface area contributed by atoms with Crippen molar-refractivity contribution < 1.29 is 9.59 Å². The van der Waals surface area contributed by atoms with Crippen molar-refractivity contribution in [3.8, 4) is 0 Å². The molecule has 1 aromatic carbocycles. The normalized spacial score (nSPS) is 16.4. The number of aromatic nitrogens is 3. The lowest BCUT2D eigenvalue weighted by atomic mass is 9.93. The lowest BCUT2D eigenvalue weighted by Crippen LogP contribution is -2.47. The van der Waals surface area contributed by atoms with Gasteiger partial charge in [-0.3, -0.25) is 9.59 Å². The van der Waals surface area contributed by atoms with Gasteiger partial charge in [0.25, 0.3) is 5.91 Å². The topological polar surface area (TPSA) is 91.0 Å². The third-order valence-electron chi connectivity index (χ3n) is 4.70. The number of carbonyl (C=O) groups excluding carboxylic acids is 2. The molecule has 2 heterocycles. The van der Waals surface area contributed by atoms with Gasteiger partial charge >= 0.3 is 0 Å². The van der Waals surface area contributed by atoms with Crippen LogP contribution in [0.15, 0.2) is 36.5 Å². The molecule has 2 N–H and O–H groups in total. The highest BCUT2D eigenvalue weighted by molar-refractivity contribution is 5.92. The Hall–Kier alpha value is -2.70. The summed E-state index contributed by atoms with van der Waals surface area (Å²) < 4.78 is 0. The Morgan fingerprint density at radius 3 is 2.60 bits per heavy atom. The summed E-state index contributed by atoms with van der Waals surface area (Å²) in [4.78, 5) is 26.8. The minimum absolute atomic E-state index is 0.0602. The molecule has 0 aliphatic carbocycles. The Bertz CT molecular complexity index is 694. The number of amides is 2. The summed E-state index contributed by atoms with van der Waals surface area (Å²) in [6, 6.07) is 9.98. The SMILES string of the molecule is CCC(C(=O)N1CCC(NC(=O)c2cn[nH]n2)CC1)c1ccccc1. The van der Waals surface area contributed by atoms with E-state index in [1.807, 2.05) is 42.2 Å². The number of H-pyrrole nitrogens is 1. The van der Waals surface area contributed by atoms with Crippen LogP contribution in [0.2, 0.25) is 0 Å². The number of nitrogens with one attached hydrogen (secondary N) is 2. The number of carbonyl (C=O) groups is 2. The van der Waals surface area contributed by atoms with Crippen molar-refractivity contribution in [1.29, 1.82) is 0 Å². The average molecular weight is 341 g/mol. The van der Waals surface area contributed by atoms with Crippen molar-refractivity contribution in [2.45, 2.75) is 38.1 Å². The predicted molar refractivity (Wildman–Crippen MR) is 92.9 cm³/mol. The van der Waals surface area contributed by atoms with E-state index in [1.165, 1.54) is 6.20 Å². The summed E-state index contributed by atoms with van der Waals surface area (Å²) in [5.41, 5.74) is 1.35. The second-order valence-corrected chi connectivity index (χ2v) is 6.30. The van der Waals surface area contributed by atoms with Gasteiger partial charge in [0, 0.05) is 19.1 Å². The van der Waals surface area contributed by atoms with Gasteiger partial charge in [-0.2, -0.15) is 15.4 Å². The summed E-state index contributed by atoms with van der Waals surface area (Å²) in [6.45, 7) is 3.36. The van der Waals surface area contributed by atoms with Gasteiger partial charge in [0.1, 0.15) is 0 Å². The second-order valence-electron chi connectivity index (χ2n) is 6.30. The van der Waals surface area contributed by atoms with E-state index >= 15 is 0 Å². The van der Waals surface area contributed by atoms with Crippen LogP contribution in [0.4, 0.5) is 0 Å². The van der Waals surface area contributed by atoms with E-state index in [0.29, 0.717) is 13.1 Å². The maximum Gasteiger partial charge on any atom is 0.273 e. The fourth-order valence-electron chi connectivity index (χ4n) is 3.27. The summed E-state index contributed by atoms with van der Waals surface area (Å²) in [6.07, 6.45) is 3.69. The highest BCUT2D eigenvalue weighted by Crippen LogP contribution is 2.24. The number of benzene rings is 1. The van der Waals surface area contributed by atoms with Crippen LogP contribution in [-0.4, -0.2) is 51.3 Å². The molecule has 1 unspecified atom stereocenters. The first-order chi connectivity index (χ1) is 12.2. The Labute approximate surface area is 146 Å². The van der Waals surface area contributed by atoms with Crippen molar-refractivity contribution >= 4 is 11.8 Å². The number of hydrogen-bond acceptors (Lipinski definition) is 4. The minimum atomic E-state index is -0.228.